The Morgan fingerprint density at radius 3 is 2.54 bits per heavy atom. The van der Waals surface area contributed by atoms with Crippen LogP contribution in [-0.4, -0.2) is 22.3 Å². The Balaban J connectivity index is 1.54. The summed E-state index contributed by atoms with van der Waals surface area (Å²) in [6.45, 7) is 3.64. The second kappa shape index (κ2) is 11.8. The predicted octanol–water partition coefficient (Wildman–Crippen LogP) is 5.12. The SMILES string of the molecule is CCCCn1c(-c2ccccc2)nc(C#N)c1C(Cc1ccc2c(c1)OCO2)NCc1ccc(C(N)=O)cc1. The number of unbranched alkanes of at least 4 members (excludes halogenated alkanes) is 1. The molecule has 5 rings (SSSR count). The fraction of sp³-hybridized carbons (Fsp3) is 0.258. The zero-order valence-electron chi connectivity index (χ0n) is 21.9. The minimum atomic E-state index is -0.456. The molecule has 198 valence electrons. The lowest BCUT2D eigenvalue weighted by molar-refractivity contribution is 0.1000. The Morgan fingerprint density at radius 1 is 1.08 bits per heavy atom. The van der Waals surface area contributed by atoms with E-state index in [4.69, 9.17) is 20.2 Å². The fourth-order valence-corrected chi connectivity index (χ4v) is 4.85. The van der Waals surface area contributed by atoms with E-state index in [1.807, 2.05) is 60.7 Å². The molecule has 1 unspecified atom stereocenters. The highest BCUT2D eigenvalue weighted by molar-refractivity contribution is 5.92. The van der Waals surface area contributed by atoms with E-state index in [-0.39, 0.29) is 12.8 Å². The summed E-state index contributed by atoms with van der Waals surface area (Å²) in [5.41, 5.74) is 10.2. The van der Waals surface area contributed by atoms with Crippen LogP contribution in [0.1, 0.15) is 58.7 Å². The number of rotatable bonds is 11. The number of amides is 1. The summed E-state index contributed by atoms with van der Waals surface area (Å²) in [7, 11) is 0. The number of nitrogens with zero attached hydrogens (tertiary/aromatic N) is 3. The number of nitrogens with two attached hydrogens (primary N) is 1. The van der Waals surface area contributed by atoms with E-state index in [1.165, 1.54) is 0 Å². The van der Waals surface area contributed by atoms with Crippen molar-refractivity contribution in [2.75, 3.05) is 6.79 Å². The molecule has 39 heavy (non-hydrogen) atoms. The summed E-state index contributed by atoms with van der Waals surface area (Å²) in [5.74, 6) is 1.79. The Bertz CT molecular complexity index is 1490. The summed E-state index contributed by atoms with van der Waals surface area (Å²) in [4.78, 5) is 16.3. The molecule has 1 aliphatic rings. The second-order valence-electron chi connectivity index (χ2n) is 9.54. The van der Waals surface area contributed by atoms with Gasteiger partial charge < -0.3 is 25.1 Å². The van der Waals surface area contributed by atoms with E-state index in [0.29, 0.717) is 24.2 Å². The Kier molecular flexibility index (Phi) is 7.90. The first kappa shape index (κ1) is 26.0. The van der Waals surface area contributed by atoms with Gasteiger partial charge in [0.05, 0.1) is 11.7 Å². The van der Waals surface area contributed by atoms with Crippen LogP contribution >= 0.6 is 0 Å². The smallest absolute Gasteiger partial charge is 0.248 e. The number of aromatic nitrogens is 2. The molecule has 0 fully saturated rings. The third-order valence-corrected chi connectivity index (χ3v) is 6.88. The first-order valence-corrected chi connectivity index (χ1v) is 13.1. The lowest BCUT2D eigenvalue weighted by Gasteiger charge is -2.23. The molecule has 1 atom stereocenters. The van der Waals surface area contributed by atoms with Crippen molar-refractivity contribution in [3.63, 3.8) is 0 Å². The van der Waals surface area contributed by atoms with Crippen molar-refractivity contribution in [3.05, 3.63) is 101 Å². The molecule has 0 saturated heterocycles. The number of nitrogens with one attached hydrogen (secondary N) is 1. The van der Waals surface area contributed by atoms with Gasteiger partial charge in [-0.3, -0.25) is 4.79 Å². The molecule has 8 heteroatoms. The monoisotopic (exact) mass is 521 g/mol. The molecular formula is C31H31N5O3. The van der Waals surface area contributed by atoms with Gasteiger partial charge in [-0.2, -0.15) is 5.26 Å². The standard InChI is InChI=1S/C31H31N5O3/c1-2-3-15-36-29(26(18-32)35-31(36)24-7-5-4-6-8-24)25(16-22-11-14-27-28(17-22)39-20-38-27)34-19-21-9-12-23(13-10-21)30(33)37/h4-14,17,25,34H,2-3,15-16,19-20H2,1H3,(H2,33,37). The quantitative estimate of drug-likeness (QED) is 0.283. The topological polar surface area (TPSA) is 115 Å². The molecule has 0 spiro atoms. The number of fused-ring (bicyclic) bond motifs is 1. The molecule has 0 aliphatic carbocycles. The summed E-state index contributed by atoms with van der Waals surface area (Å²) in [6, 6.07) is 25.3. The number of imidazole rings is 1. The average Bonchev–Trinajstić information content (AvgIpc) is 3.59. The zero-order chi connectivity index (χ0) is 27.2. The van der Waals surface area contributed by atoms with E-state index in [9.17, 15) is 10.1 Å². The highest BCUT2D eigenvalue weighted by Crippen LogP contribution is 2.35. The number of nitriles is 1. The van der Waals surface area contributed by atoms with Crippen LogP contribution in [0.15, 0.2) is 72.8 Å². The lowest BCUT2D eigenvalue weighted by Crippen LogP contribution is -2.26. The molecule has 1 amide bonds. The van der Waals surface area contributed by atoms with Crippen molar-refractivity contribution in [1.82, 2.24) is 14.9 Å². The largest absolute Gasteiger partial charge is 0.454 e. The van der Waals surface area contributed by atoms with E-state index in [2.05, 4.69) is 22.9 Å². The van der Waals surface area contributed by atoms with Crippen LogP contribution in [0.25, 0.3) is 11.4 Å². The third-order valence-electron chi connectivity index (χ3n) is 6.88. The van der Waals surface area contributed by atoms with E-state index in [1.54, 1.807) is 12.1 Å². The van der Waals surface area contributed by atoms with Crippen LogP contribution in [-0.2, 0) is 19.5 Å². The second-order valence-corrected chi connectivity index (χ2v) is 9.54. The number of hydrogen-bond donors (Lipinski definition) is 2. The number of carbonyl (C=O) groups excluding carboxylic acids is 1. The molecule has 0 radical (unpaired) electrons. The molecule has 0 bridgehead atoms. The van der Waals surface area contributed by atoms with Gasteiger partial charge in [-0.15, -0.1) is 0 Å². The van der Waals surface area contributed by atoms with Crippen molar-refractivity contribution < 1.29 is 14.3 Å². The van der Waals surface area contributed by atoms with Crippen molar-refractivity contribution in [2.45, 2.75) is 45.3 Å². The minimum absolute atomic E-state index is 0.213. The van der Waals surface area contributed by atoms with Gasteiger partial charge in [0, 0.05) is 24.2 Å². The van der Waals surface area contributed by atoms with Gasteiger partial charge in [0.15, 0.2) is 17.2 Å². The first-order chi connectivity index (χ1) is 19.1. The molecule has 8 nitrogen and oxygen atoms in total. The maximum absolute atomic E-state index is 11.5. The van der Waals surface area contributed by atoms with Gasteiger partial charge in [-0.05, 0) is 48.2 Å². The van der Waals surface area contributed by atoms with Gasteiger partial charge in [0.25, 0.3) is 0 Å². The molecule has 2 heterocycles. The van der Waals surface area contributed by atoms with Gasteiger partial charge in [0.1, 0.15) is 11.9 Å². The molecule has 1 aliphatic heterocycles. The number of ether oxygens (including phenoxy) is 2. The lowest BCUT2D eigenvalue weighted by atomic mass is 10.0. The van der Waals surface area contributed by atoms with Crippen molar-refractivity contribution in [2.24, 2.45) is 5.73 Å². The summed E-state index contributed by atoms with van der Waals surface area (Å²) < 4.78 is 13.3. The number of benzene rings is 3. The van der Waals surface area contributed by atoms with Gasteiger partial charge in [0.2, 0.25) is 12.7 Å². The molecule has 3 N–H and O–H groups in total. The first-order valence-electron chi connectivity index (χ1n) is 13.1. The van der Waals surface area contributed by atoms with Crippen molar-refractivity contribution in [1.29, 1.82) is 5.26 Å². The highest BCUT2D eigenvalue weighted by Gasteiger charge is 2.26. The Hall–Kier alpha value is -4.61. The van der Waals surface area contributed by atoms with Crippen LogP contribution < -0.4 is 20.5 Å². The van der Waals surface area contributed by atoms with Crippen LogP contribution in [0, 0.1) is 11.3 Å². The van der Waals surface area contributed by atoms with Crippen molar-refractivity contribution >= 4 is 5.91 Å². The maximum Gasteiger partial charge on any atom is 0.248 e. The maximum atomic E-state index is 11.5. The fourth-order valence-electron chi connectivity index (χ4n) is 4.85. The van der Waals surface area contributed by atoms with Crippen LogP contribution in [0.4, 0.5) is 0 Å². The molecule has 0 saturated carbocycles. The van der Waals surface area contributed by atoms with Gasteiger partial charge in [-0.1, -0.05) is 61.9 Å². The number of primary amides is 1. The van der Waals surface area contributed by atoms with Crippen LogP contribution in [0.5, 0.6) is 11.5 Å². The molecular weight excluding hydrogens is 490 g/mol. The van der Waals surface area contributed by atoms with Gasteiger partial charge in [-0.25, -0.2) is 4.98 Å². The molecule has 3 aromatic carbocycles. The average molecular weight is 522 g/mol. The summed E-state index contributed by atoms with van der Waals surface area (Å²) in [6.07, 6.45) is 2.58. The summed E-state index contributed by atoms with van der Waals surface area (Å²) >= 11 is 0. The minimum Gasteiger partial charge on any atom is -0.454 e. The van der Waals surface area contributed by atoms with E-state index in [0.717, 1.165) is 59.1 Å². The Labute approximate surface area is 228 Å². The number of hydrogen-bond acceptors (Lipinski definition) is 6. The molecule has 1 aromatic heterocycles. The predicted molar refractivity (Wildman–Crippen MR) is 148 cm³/mol. The van der Waals surface area contributed by atoms with Crippen LogP contribution in [0.2, 0.25) is 0 Å². The normalized spacial score (nSPS) is 12.7. The summed E-state index contributed by atoms with van der Waals surface area (Å²) in [5, 5.41) is 13.9. The van der Waals surface area contributed by atoms with Gasteiger partial charge >= 0.3 is 0 Å². The highest BCUT2D eigenvalue weighted by atomic mass is 16.7. The molecule has 4 aromatic rings. The third kappa shape index (κ3) is 5.79. The Morgan fingerprint density at radius 2 is 1.82 bits per heavy atom. The number of carbonyl (C=O) groups is 1. The van der Waals surface area contributed by atoms with E-state index < -0.39 is 5.91 Å². The van der Waals surface area contributed by atoms with Crippen LogP contribution in [0.3, 0.4) is 0 Å². The van der Waals surface area contributed by atoms with Crippen molar-refractivity contribution in [3.8, 4) is 29.0 Å². The van der Waals surface area contributed by atoms with E-state index >= 15 is 0 Å². The zero-order valence-corrected chi connectivity index (χ0v) is 21.9.